The number of hydrogen-bond acceptors (Lipinski definition) is 4. The summed E-state index contributed by atoms with van der Waals surface area (Å²) in [4.78, 5) is 0.168. The van der Waals surface area contributed by atoms with Crippen LogP contribution in [0.4, 0.5) is 0 Å². The summed E-state index contributed by atoms with van der Waals surface area (Å²) in [5.41, 5.74) is 0. The second-order valence-corrected chi connectivity index (χ2v) is 6.86. The van der Waals surface area contributed by atoms with E-state index in [0.717, 1.165) is 0 Å². The van der Waals surface area contributed by atoms with E-state index in [-0.39, 0.29) is 17.4 Å². The molecule has 1 aromatic heterocycles. The molecule has 19 heavy (non-hydrogen) atoms. The van der Waals surface area contributed by atoms with Gasteiger partial charge in [-0.05, 0) is 18.3 Å². The molecule has 0 fully saturated rings. The van der Waals surface area contributed by atoms with Crippen molar-refractivity contribution in [1.82, 2.24) is 14.5 Å². The normalized spacial score (nSPS) is 13.9. The minimum absolute atomic E-state index is 0.0616. The fourth-order valence-electron chi connectivity index (χ4n) is 1.40. The van der Waals surface area contributed by atoms with Crippen molar-refractivity contribution in [3.8, 4) is 0 Å². The molecule has 7 heteroatoms. The average Bonchev–Trinajstić information content (AvgIpc) is 2.82. The first-order valence-electron chi connectivity index (χ1n) is 6.49. The topological polar surface area (TPSA) is 84.2 Å². The van der Waals surface area contributed by atoms with Crippen molar-refractivity contribution in [2.45, 2.75) is 38.6 Å². The number of aryl methyl sites for hydroxylation is 1. The van der Waals surface area contributed by atoms with Crippen LogP contribution in [-0.2, 0) is 16.6 Å². The lowest BCUT2D eigenvalue weighted by atomic mass is 9.99. The number of nitrogens with one attached hydrogen (secondary N) is 1. The molecule has 110 valence electrons. The van der Waals surface area contributed by atoms with Crippen molar-refractivity contribution < 1.29 is 13.5 Å². The van der Waals surface area contributed by atoms with Gasteiger partial charge in [0.1, 0.15) is 4.90 Å². The van der Waals surface area contributed by atoms with Gasteiger partial charge in [0.2, 0.25) is 10.0 Å². The summed E-state index contributed by atoms with van der Waals surface area (Å²) in [5, 5.41) is 12.7. The smallest absolute Gasteiger partial charge is 0.243 e. The first-order chi connectivity index (χ1) is 8.86. The minimum atomic E-state index is -3.49. The largest absolute Gasteiger partial charge is 0.396 e. The van der Waals surface area contributed by atoms with Crippen molar-refractivity contribution in [3.63, 3.8) is 0 Å². The van der Waals surface area contributed by atoms with Crippen molar-refractivity contribution in [2.24, 2.45) is 11.8 Å². The Morgan fingerprint density at radius 1 is 1.42 bits per heavy atom. The standard InChI is InChI=1S/C12H23N3O3S/c1-10(2)11(3)7-14-19(17,18)12-8-13-15(9-12)5-4-6-16/h8-11,14,16H,4-7H2,1-3H3. The maximum atomic E-state index is 12.0. The Morgan fingerprint density at radius 3 is 2.68 bits per heavy atom. The van der Waals surface area contributed by atoms with E-state index in [1.165, 1.54) is 17.1 Å². The fourth-order valence-corrected chi connectivity index (χ4v) is 2.49. The molecule has 1 aromatic rings. The second kappa shape index (κ2) is 7.02. The SMILES string of the molecule is CC(C)C(C)CNS(=O)(=O)c1cnn(CCCO)c1. The molecular weight excluding hydrogens is 266 g/mol. The van der Waals surface area contributed by atoms with E-state index in [1.54, 1.807) is 0 Å². The van der Waals surface area contributed by atoms with Crippen molar-refractivity contribution in [1.29, 1.82) is 0 Å². The van der Waals surface area contributed by atoms with Crippen LogP contribution in [0.3, 0.4) is 0 Å². The van der Waals surface area contributed by atoms with Crippen LogP contribution in [0.25, 0.3) is 0 Å². The van der Waals surface area contributed by atoms with Gasteiger partial charge in [0, 0.05) is 25.9 Å². The molecule has 0 radical (unpaired) electrons. The lowest BCUT2D eigenvalue weighted by Gasteiger charge is -2.15. The van der Waals surface area contributed by atoms with Crippen LogP contribution in [0.5, 0.6) is 0 Å². The lowest BCUT2D eigenvalue weighted by molar-refractivity contribution is 0.277. The highest BCUT2D eigenvalue weighted by atomic mass is 32.2. The Labute approximate surface area is 114 Å². The van der Waals surface area contributed by atoms with E-state index in [4.69, 9.17) is 5.11 Å². The van der Waals surface area contributed by atoms with Gasteiger partial charge in [-0.25, -0.2) is 13.1 Å². The first-order valence-corrected chi connectivity index (χ1v) is 7.98. The third-order valence-electron chi connectivity index (χ3n) is 3.20. The third-order valence-corrected chi connectivity index (χ3v) is 4.58. The van der Waals surface area contributed by atoms with Gasteiger partial charge in [-0.1, -0.05) is 20.8 Å². The fraction of sp³-hybridized carbons (Fsp3) is 0.750. The molecule has 0 spiro atoms. The predicted octanol–water partition coefficient (Wildman–Crippen LogP) is 0.836. The molecule has 0 aliphatic rings. The molecule has 2 N–H and O–H groups in total. The Kier molecular flexibility index (Phi) is 5.96. The first kappa shape index (κ1) is 16.1. The average molecular weight is 289 g/mol. The van der Waals surface area contributed by atoms with Crippen LogP contribution < -0.4 is 4.72 Å². The lowest BCUT2D eigenvalue weighted by Crippen LogP contribution is -2.30. The molecule has 0 amide bonds. The number of aliphatic hydroxyl groups excluding tert-OH is 1. The van der Waals surface area contributed by atoms with Crippen molar-refractivity contribution in [2.75, 3.05) is 13.2 Å². The summed E-state index contributed by atoms with van der Waals surface area (Å²) >= 11 is 0. The molecule has 1 unspecified atom stereocenters. The maximum absolute atomic E-state index is 12.0. The van der Waals surface area contributed by atoms with Gasteiger partial charge in [0.25, 0.3) is 0 Å². The number of hydrogen-bond donors (Lipinski definition) is 2. The second-order valence-electron chi connectivity index (χ2n) is 5.09. The molecule has 0 aliphatic heterocycles. The van der Waals surface area contributed by atoms with Crippen LogP contribution in [-0.4, -0.2) is 36.5 Å². The quantitative estimate of drug-likeness (QED) is 0.742. The Bertz CT molecular complexity index is 482. The zero-order chi connectivity index (χ0) is 14.5. The number of nitrogens with zero attached hydrogens (tertiary/aromatic N) is 2. The highest BCUT2D eigenvalue weighted by Crippen LogP contribution is 2.11. The summed E-state index contributed by atoms with van der Waals surface area (Å²) in [6.45, 7) is 7.12. The minimum Gasteiger partial charge on any atom is -0.396 e. The molecule has 0 saturated carbocycles. The summed E-state index contributed by atoms with van der Waals surface area (Å²) < 4.78 is 28.2. The van der Waals surface area contributed by atoms with Gasteiger partial charge in [-0.3, -0.25) is 4.68 Å². The van der Waals surface area contributed by atoms with Crippen molar-refractivity contribution >= 4 is 10.0 Å². The summed E-state index contributed by atoms with van der Waals surface area (Å²) in [6.07, 6.45) is 3.37. The summed E-state index contributed by atoms with van der Waals surface area (Å²) in [5.74, 6) is 0.703. The zero-order valence-electron chi connectivity index (χ0n) is 11.7. The van der Waals surface area contributed by atoms with E-state index < -0.39 is 10.0 Å². The van der Waals surface area contributed by atoms with Gasteiger partial charge in [-0.15, -0.1) is 0 Å². The predicted molar refractivity (Wildman–Crippen MR) is 73.1 cm³/mol. The van der Waals surface area contributed by atoms with E-state index in [9.17, 15) is 8.42 Å². The monoisotopic (exact) mass is 289 g/mol. The highest BCUT2D eigenvalue weighted by Gasteiger charge is 2.18. The summed E-state index contributed by atoms with van der Waals surface area (Å²) in [6, 6.07) is 0. The van der Waals surface area contributed by atoms with Gasteiger partial charge in [0.15, 0.2) is 0 Å². The maximum Gasteiger partial charge on any atom is 0.243 e. The van der Waals surface area contributed by atoms with Crippen LogP contribution in [0, 0.1) is 11.8 Å². The van der Waals surface area contributed by atoms with Crippen LogP contribution in [0.15, 0.2) is 17.3 Å². The van der Waals surface area contributed by atoms with E-state index >= 15 is 0 Å². The van der Waals surface area contributed by atoms with E-state index in [0.29, 0.717) is 25.4 Å². The third kappa shape index (κ3) is 4.93. The number of rotatable bonds is 8. The van der Waals surface area contributed by atoms with Gasteiger partial charge in [-0.2, -0.15) is 5.10 Å². The van der Waals surface area contributed by atoms with Gasteiger partial charge >= 0.3 is 0 Å². The van der Waals surface area contributed by atoms with Gasteiger partial charge < -0.3 is 5.11 Å². The molecule has 1 heterocycles. The van der Waals surface area contributed by atoms with E-state index in [1.807, 2.05) is 6.92 Å². The summed E-state index contributed by atoms with van der Waals surface area (Å²) in [7, 11) is -3.49. The molecule has 0 aromatic carbocycles. The highest BCUT2D eigenvalue weighted by molar-refractivity contribution is 7.89. The van der Waals surface area contributed by atoms with Crippen LogP contribution in [0.2, 0.25) is 0 Å². The van der Waals surface area contributed by atoms with E-state index in [2.05, 4.69) is 23.7 Å². The number of aromatic nitrogens is 2. The molecule has 1 atom stereocenters. The number of aliphatic hydroxyl groups is 1. The zero-order valence-corrected chi connectivity index (χ0v) is 12.5. The molecule has 0 bridgehead atoms. The van der Waals surface area contributed by atoms with Crippen molar-refractivity contribution in [3.05, 3.63) is 12.4 Å². The van der Waals surface area contributed by atoms with Crippen LogP contribution >= 0.6 is 0 Å². The molecule has 0 saturated heterocycles. The molecule has 6 nitrogen and oxygen atoms in total. The molecular formula is C12H23N3O3S. The Morgan fingerprint density at radius 2 is 2.11 bits per heavy atom. The number of sulfonamides is 1. The molecule has 1 rings (SSSR count). The molecule has 0 aliphatic carbocycles. The van der Waals surface area contributed by atoms with Gasteiger partial charge in [0.05, 0.1) is 6.20 Å². The Balaban J connectivity index is 2.64. The van der Waals surface area contributed by atoms with Crippen LogP contribution in [0.1, 0.15) is 27.2 Å². The Hall–Kier alpha value is -0.920.